The molecule has 4 heterocycles. The first kappa shape index (κ1) is 18.8. The number of aryl methyl sites for hydroxylation is 1. The van der Waals surface area contributed by atoms with Crippen LogP contribution in [0.4, 0.5) is 0 Å². The highest BCUT2D eigenvalue weighted by Crippen LogP contribution is 2.24. The average Bonchev–Trinajstić information content (AvgIpc) is 3.26. The van der Waals surface area contributed by atoms with Crippen LogP contribution in [0.5, 0.6) is 0 Å². The van der Waals surface area contributed by atoms with Gasteiger partial charge in [-0.3, -0.25) is 14.1 Å². The summed E-state index contributed by atoms with van der Waals surface area (Å²) >= 11 is 0. The summed E-state index contributed by atoms with van der Waals surface area (Å²) in [6, 6.07) is 14.6. The number of hydrogen-bond acceptors (Lipinski definition) is 4. The van der Waals surface area contributed by atoms with Crippen molar-refractivity contribution in [1.29, 1.82) is 0 Å². The number of fused-ring (bicyclic) bond motifs is 3. The summed E-state index contributed by atoms with van der Waals surface area (Å²) in [7, 11) is 0. The van der Waals surface area contributed by atoms with E-state index in [4.69, 9.17) is 0 Å². The number of nitrogens with one attached hydrogen (secondary N) is 1. The Balaban J connectivity index is 1.59. The quantitative estimate of drug-likeness (QED) is 0.538. The van der Waals surface area contributed by atoms with Crippen molar-refractivity contribution in [1.82, 2.24) is 29.4 Å². The van der Waals surface area contributed by atoms with Crippen molar-refractivity contribution in [3.63, 3.8) is 0 Å². The topological polar surface area (TPSA) is 67.5 Å². The van der Waals surface area contributed by atoms with Crippen LogP contribution in [0.25, 0.3) is 16.7 Å². The highest BCUT2D eigenvalue weighted by Gasteiger charge is 2.19. The van der Waals surface area contributed by atoms with Gasteiger partial charge in [0.25, 0.3) is 5.91 Å². The molecule has 5 rings (SSSR count). The zero-order chi connectivity index (χ0) is 20.7. The Kier molecular flexibility index (Phi) is 4.75. The highest BCUT2D eigenvalue weighted by molar-refractivity contribution is 5.98. The van der Waals surface area contributed by atoms with E-state index in [-0.39, 0.29) is 5.91 Å². The monoisotopic (exact) mass is 402 g/mol. The molecule has 154 valence electrons. The van der Waals surface area contributed by atoms with Crippen LogP contribution in [-0.2, 0) is 13.1 Å². The summed E-state index contributed by atoms with van der Waals surface area (Å²) in [5.41, 5.74) is 5.90. The van der Waals surface area contributed by atoms with E-state index in [9.17, 15) is 4.79 Å². The minimum atomic E-state index is -0.0655. The largest absolute Gasteiger partial charge is 0.351 e. The minimum absolute atomic E-state index is 0.0655. The molecular formula is C23H26N6O. The van der Waals surface area contributed by atoms with Crippen molar-refractivity contribution in [2.75, 3.05) is 19.6 Å². The van der Waals surface area contributed by atoms with Gasteiger partial charge >= 0.3 is 0 Å². The Hall–Kier alpha value is -3.19. The van der Waals surface area contributed by atoms with Crippen LogP contribution in [-0.4, -0.2) is 49.6 Å². The fourth-order valence-electron chi connectivity index (χ4n) is 4.26. The zero-order valence-corrected chi connectivity index (χ0v) is 17.4. The molecule has 0 atom stereocenters. The van der Waals surface area contributed by atoms with Crippen molar-refractivity contribution >= 4 is 22.6 Å². The van der Waals surface area contributed by atoms with E-state index in [1.54, 1.807) is 0 Å². The Morgan fingerprint density at radius 2 is 1.83 bits per heavy atom. The van der Waals surface area contributed by atoms with Gasteiger partial charge in [-0.15, -0.1) is 10.2 Å². The molecule has 1 aliphatic heterocycles. The van der Waals surface area contributed by atoms with Crippen LogP contribution in [0.15, 0.2) is 42.5 Å². The number of carbonyl (C=O) groups is 1. The third-order valence-corrected chi connectivity index (χ3v) is 5.86. The van der Waals surface area contributed by atoms with Gasteiger partial charge in [-0.25, -0.2) is 0 Å². The van der Waals surface area contributed by atoms with Crippen LogP contribution < -0.4 is 5.32 Å². The molecule has 4 aromatic rings. The summed E-state index contributed by atoms with van der Waals surface area (Å²) in [4.78, 5) is 15.3. The van der Waals surface area contributed by atoms with Crippen LogP contribution in [0, 0.1) is 6.92 Å². The fraction of sp³-hybridized carbons (Fsp3) is 0.348. The second-order valence-corrected chi connectivity index (χ2v) is 7.97. The van der Waals surface area contributed by atoms with Crippen molar-refractivity contribution in [3.05, 3.63) is 65.1 Å². The molecule has 1 amide bonds. The molecular weight excluding hydrogens is 376 g/mol. The Morgan fingerprint density at radius 3 is 2.57 bits per heavy atom. The number of hydrogen-bond donors (Lipinski definition) is 1. The molecule has 0 spiro atoms. The van der Waals surface area contributed by atoms with Gasteiger partial charge in [0.05, 0.1) is 11.0 Å². The fourth-order valence-corrected chi connectivity index (χ4v) is 4.26. The molecule has 1 aliphatic rings. The third-order valence-electron chi connectivity index (χ3n) is 5.86. The second-order valence-electron chi connectivity index (χ2n) is 7.97. The van der Waals surface area contributed by atoms with E-state index in [0.717, 1.165) is 29.0 Å². The van der Waals surface area contributed by atoms with Crippen LogP contribution >= 0.6 is 0 Å². The predicted octanol–water partition coefficient (Wildman–Crippen LogP) is 3.00. The molecule has 0 bridgehead atoms. The van der Waals surface area contributed by atoms with Crippen LogP contribution in [0.1, 0.15) is 40.8 Å². The van der Waals surface area contributed by atoms with Crippen LogP contribution in [0.2, 0.25) is 0 Å². The predicted molar refractivity (Wildman–Crippen MR) is 117 cm³/mol. The summed E-state index contributed by atoms with van der Waals surface area (Å²) in [6.45, 7) is 8.45. The number of benzene rings is 1. The summed E-state index contributed by atoms with van der Waals surface area (Å²) in [5.74, 6) is 0.746. The summed E-state index contributed by atoms with van der Waals surface area (Å²) in [6.07, 6.45) is 1.29. The molecule has 0 saturated carbocycles. The molecule has 1 fully saturated rings. The van der Waals surface area contributed by atoms with E-state index < -0.39 is 0 Å². The average molecular weight is 403 g/mol. The van der Waals surface area contributed by atoms with Gasteiger partial charge in [-0.1, -0.05) is 24.3 Å². The summed E-state index contributed by atoms with van der Waals surface area (Å²) in [5, 5.41) is 11.4. The third kappa shape index (κ3) is 3.25. The lowest BCUT2D eigenvalue weighted by Gasteiger charge is -2.30. The van der Waals surface area contributed by atoms with Gasteiger partial charge in [0.1, 0.15) is 11.5 Å². The lowest BCUT2D eigenvalue weighted by Crippen LogP contribution is -2.36. The van der Waals surface area contributed by atoms with E-state index in [2.05, 4.69) is 49.2 Å². The standard InChI is InChI=1S/C23H26N6O/c1-3-24-23(30)21-13-20-19(8-9-22-26-25-16(2)29(20)22)28(21)15-18-7-4-6-17(12-18)14-27-10-5-11-27/h4,6-9,12-13H,3,5,10-11,14-15H2,1-2H3,(H,24,30). The SMILES string of the molecule is CCNC(=O)c1cc2c(ccc3nnc(C)n32)n1Cc1cccc(CN2CCC2)c1. The highest BCUT2D eigenvalue weighted by atomic mass is 16.1. The van der Waals surface area contributed by atoms with Crippen molar-refractivity contribution in [3.8, 4) is 0 Å². The number of pyridine rings is 1. The van der Waals surface area contributed by atoms with Gasteiger partial charge in [-0.05, 0) is 62.7 Å². The number of nitrogens with zero attached hydrogens (tertiary/aromatic N) is 5. The maximum atomic E-state index is 12.9. The second kappa shape index (κ2) is 7.57. The molecule has 1 saturated heterocycles. The van der Waals surface area contributed by atoms with E-state index >= 15 is 0 Å². The zero-order valence-electron chi connectivity index (χ0n) is 17.4. The van der Waals surface area contributed by atoms with Crippen molar-refractivity contribution < 1.29 is 4.79 Å². The van der Waals surface area contributed by atoms with Gasteiger partial charge in [0.15, 0.2) is 5.65 Å². The number of amides is 1. The first-order valence-electron chi connectivity index (χ1n) is 10.6. The summed E-state index contributed by atoms with van der Waals surface area (Å²) < 4.78 is 4.11. The van der Waals surface area contributed by atoms with Crippen molar-refractivity contribution in [2.24, 2.45) is 0 Å². The molecule has 7 heteroatoms. The number of aromatic nitrogens is 4. The molecule has 0 radical (unpaired) electrons. The smallest absolute Gasteiger partial charge is 0.268 e. The Bertz CT molecular complexity index is 1230. The van der Waals surface area contributed by atoms with Gasteiger partial charge < -0.3 is 9.88 Å². The first-order chi connectivity index (χ1) is 14.6. The number of carbonyl (C=O) groups excluding carboxylic acids is 1. The molecule has 7 nitrogen and oxygen atoms in total. The van der Waals surface area contributed by atoms with Crippen molar-refractivity contribution in [2.45, 2.75) is 33.4 Å². The first-order valence-corrected chi connectivity index (χ1v) is 10.6. The van der Waals surface area contributed by atoms with E-state index in [1.807, 2.05) is 36.4 Å². The molecule has 0 unspecified atom stereocenters. The van der Waals surface area contributed by atoms with Crippen LogP contribution in [0.3, 0.4) is 0 Å². The maximum absolute atomic E-state index is 12.9. The normalized spacial score (nSPS) is 14.3. The molecule has 30 heavy (non-hydrogen) atoms. The number of rotatable bonds is 6. The van der Waals surface area contributed by atoms with E-state index in [1.165, 1.54) is 30.6 Å². The van der Waals surface area contributed by atoms with Gasteiger partial charge in [0.2, 0.25) is 0 Å². The maximum Gasteiger partial charge on any atom is 0.268 e. The number of likely N-dealkylation sites (tertiary alicyclic amines) is 1. The molecule has 1 N–H and O–H groups in total. The molecule has 1 aromatic carbocycles. The molecule has 0 aliphatic carbocycles. The lowest BCUT2D eigenvalue weighted by molar-refractivity contribution is 0.0947. The van der Waals surface area contributed by atoms with E-state index in [0.29, 0.717) is 18.8 Å². The Morgan fingerprint density at radius 1 is 1.03 bits per heavy atom. The van der Waals surface area contributed by atoms with Gasteiger partial charge in [-0.2, -0.15) is 0 Å². The molecule has 3 aromatic heterocycles. The lowest BCUT2D eigenvalue weighted by atomic mass is 10.1. The Labute approximate surface area is 175 Å². The minimum Gasteiger partial charge on any atom is -0.351 e. The van der Waals surface area contributed by atoms with Gasteiger partial charge in [0, 0.05) is 19.6 Å².